The number of aliphatic hydroxyl groups is 1. The Morgan fingerprint density at radius 1 is 1.32 bits per heavy atom. The van der Waals surface area contributed by atoms with Crippen LogP contribution in [0.3, 0.4) is 0 Å². The first-order chi connectivity index (χ1) is 16.6. The number of ether oxygens (including phenoxy) is 2. The van der Waals surface area contributed by atoms with Gasteiger partial charge in [-0.3, -0.25) is 14.6 Å². The lowest BCUT2D eigenvalue weighted by molar-refractivity contribution is 0.0144. The minimum atomic E-state index is -0.614. The highest BCUT2D eigenvalue weighted by atomic mass is 32.1. The first kappa shape index (κ1) is 25.0. The SMILES string of the molecule is CCOC[C@H](O)CN(CCOC)Cc1nc2sc3c(c2c(=O)[nH]1)CCN(Cc1ccccc1)C3. The van der Waals surface area contributed by atoms with Crippen molar-refractivity contribution in [2.75, 3.05) is 46.6 Å². The van der Waals surface area contributed by atoms with E-state index in [1.165, 1.54) is 10.4 Å². The Bertz CT molecular complexity index is 1120. The minimum Gasteiger partial charge on any atom is -0.389 e. The summed E-state index contributed by atoms with van der Waals surface area (Å²) in [6.07, 6.45) is 0.243. The smallest absolute Gasteiger partial charge is 0.259 e. The number of thiophene rings is 1. The lowest BCUT2D eigenvalue weighted by Gasteiger charge is -2.26. The van der Waals surface area contributed by atoms with Crippen LogP contribution in [0.5, 0.6) is 0 Å². The van der Waals surface area contributed by atoms with Gasteiger partial charge in [-0.05, 0) is 24.5 Å². The van der Waals surface area contributed by atoms with Crippen LogP contribution >= 0.6 is 11.3 Å². The number of methoxy groups -OCH3 is 1. The molecule has 8 nitrogen and oxygen atoms in total. The van der Waals surface area contributed by atoms with Crippen molar-refractivity contribution in [1.29, 1.82) is 0 Å². The van der Waals surface area contributed by atoms with Gasteiger partial charge in [-0.25, -0.2) is 4.98 Å². The van der Waals surface area contributed by atoms with Crippen molar-refractivity contribution in [1.82, 2.24) is 19.8 Å². The summed E-state index contributed by atoms with van der Waals surface area (Å²) in [5.74, 6) is 0.608. The molecule has 0 radical (unpaired) electrons. The highest BCUT2D eigenvalue weighted by Crippen LogP contribution is 2.32. The third-order valence-corrected chi connectivity index (χ3v) is 7.17. The van der Waals surface area contributed by atoms with Crippen LogP contribution in [0.15, 0.2) is 35.1 Å². The lowest BCUT2D eigenvalue weighted by atomic mass is 10.0. The van der Waals surface area contributed by atoms with Gasteiger partial charge in [-0.2, -0.15) is 0 Å². The van der Waals surface area contributed by atoms with Crippen molar-refractivity contribution in [3.05, 3.63) is 62.5 Å². The Morgan fingerprint density at radius 3 is 2.91 bits per heavy atom. The van der Waals surface area contributed by atoms with Gasteiger partial charge in [0.25, 0.3) is 5.56 Å². The number of H-pyrrole nitrogens is 1. The van der Waals surface area contributed by atoms with Gasteiger partial charge in [0, 0.05) is 51.3 Å². The van der Waals surface area contributed by atoms with Crippen LogP contribution in [-0.4, -0.2) is 77.5 Å². The molecular formula is C25H34N4O4S. The van der Waals surface area contributed by atoms with Gasteiger partial charge < -0.3 is 19.6 Å². The lowest BCUT2D eigenvalue weighted by Crippen LogP contribution is -2.37. The van der Waals surface area contributed by atoms with Crippen LogP contribution in [0.2, 0.25) is 0 Å². The summed E-state index contributed by atoms with van der Waals surface area (Å²) in [5, 5.41) is 11.0. The molecule has 0 aliphatic carbocycles. The Labute approximate surface area is 204 Å². The Kier molecular flexibility index (Phi) is 8.82. The standard InChI is InChI=1S/C25H34N4O4S/c1-3-33-17-19(30)14-29(11-12-32-2)16-22-26-24(31)23-20-9-10-28(13-18-7-5-4-6-8-18)15-21(20)34-25(23)27-22/h4-8,19,30H,3,9-17H2,1-2H3,(H,26,27,31)/t19-/m1/s1. The topological polar surface area (TPSA) is 90.9 Å². The summed E-state index contributed by atoms with van der Waals surface area (Å²) in [6.45, 7) is 7.41. The summed E-state index contributed by atoms with van der Waals surface area (Å²) in [4.78, 5) is 27.3. The van der Waals surface area contributed by atoms with Gasteiger partial charge in [-0.1, -0.05) is 30.3 Å². The molecule has 0 saturated heterocycles. The summed E-state index contributed by atoms with van der Waals surface area (Å²) >= 11 is 1.63. The maximum absolute atomic E-state index is 13.0. The average molecular weight is 487 g/mol. The number of aromatic amines is 1. The molecule has 1 aliphatic rings. The quantitative estimate of drug-likeness (QED) is 0.406. The molecular weight excluding hydrogens is 452 g/mol. The normalized spacial score (nSPS) is 15.2. The molecule has 3 aromatic rings. The predicted molar refractivity (Wildman–Crippen MR) is 134 cm³/mol. The number of fused-ring (bicyclic) bond motifs is 3. The van der Waals surface area contributed by atoms with Gasteiger partial charge in [0.1, 0.15) is 10.7 Å². The molecule has 0 fully saturated rings. The van der Waals surface area contributed by atoms with Crippen molar-refractivity contribution in [3.63, 3.8) is 0 Å². The predicted octanol–water partition coefficient (Wildman–Crippen LogP) is 2.39. The van der Waals surface area contributed by atoms with Crippen molar-refractivity contribution >= 4 is 21.6 Å². The monoisotopic (exact) mass is 486 g/mol. The summed E-state index contributed by atoms with van der Waals surface area (Å²) in [6, 6.07) is 10.5. The number of nitrogens with one attached hydrogen (secondary N) is 1. The van der Waals surface area contributed by atoms with E-state index in [1.54, 1.807) is 18.4 Å². The van der Waals surface area contributed by atoms with E-state index in [2.05, 4.69) is 34.1 Å². The van der Waals surface area contributed by atoms with E-state index in [0.29, 0.717) is 38.7 Å². The number of aliphatic hydroxyl groups excluding tert-OH is 1. The summed E-state index contributed by atoms with van der Waals surface area (Å²) < 4.78 is 10.6. The highest BCUT2D eigenvalue weighted by molar-refractivity contribution is 7.18. The van der Waals surface area contributed by atoms with Gasteiger partial charge >= 0.3 is 0 Å². The first-order valence-electron chi connectivity index (χ1n) is 11.8. The van der Waals surface area contributed by atoms with Crippen LogP contribution in [-0.2, 0) is 35.5 Å². The molecule has 1 aromatic carbocycles. The number of hydrogen-bond acceptors (Lipinski definition) is 8. The van der Waals surface area contributed by atoms with E-state index in [-0.39, 0.29) is 12.2 Å². The molecule has 0 unspecified atom stereocenters. The highest BCUT2D eigenvalue weighted by Gasteiger charge is 2.24. The first-order valence-corrected chi connectivity index (χ1v) is 12.7. The molecule has 9 heteroatoms. The molecule has 4 rings (SSSR count). The van der Waals surface area contributed by atoms with Crippen molar-refractivity contribution in [2.24, 2.45) is 0 Å². The molecule has 0 saturated carbocycles. The van der Waals surface area contributed by atoms with Gasteiger partial charge in [-0.15, -0.1) is 11.3 Å². The third kappa shape index (κ3) is 6.29. The van der Waals surface area contributed by atoms with Crippen LogP contribution in [0, 0.1) is 0 Å². The zero-order valence-electron chi connectivity index (χ0n) is 20.0. The molecule has 0 bridgehead atoms. The molecule has 2 N–H and O–H groups in total. The van der Waals surface area contributed by atoms with Crippen molar-refractivity contribution in [2.45, 2.75) is 39.1 Å². The molecule has 34 heavy (non-hydrogen) atoms. The van der Waals surface area contributed by atoms with Crippen LogP contribution in [0.25, 0.3) is 10.2 Å². The van der Waals surface area contributed by atoms with Crippen molar-refractivity contribution in [3.8, 4) is 0 Å². The van der Waals surface area contributed by atoms with E-state index in [1.807, 2.05) is 17.9 Å². The average Bonchev–Trinajstić information content (AvgIpc) is 3.20. The van der Waals surface area contributed by atoms with Crippen LogP contribution < -0.4 is 5.56 Å². The number of benzene rings is 1. The molecule has 1 atom stereocenters. The van der Waals surface area contributed by atoms with Gasteiger partial charge in [0.2, 0.25) is 0 Å². The van der Waals surface area contributed by atoms with Crippen LogP contribution in [0.1, 0.15) is 28.8 Å². The fourth-order valence-corrected chi connectivity index (χ4v) is 5.70. The van der Waals surface area contributed by atoms with E-state index >= 15 is 0 Å². The fourth-order valence-electron chi connectivity index (χ4n) is 4.42. The molecule has 3 heterocycles. The van der Waals surface area contributed by atoms with Gasteiger partial charge in [0.05, 0.1) is 31.2 Å². The fraction of sp³-hybridized carbons (Fsp3) is 0.520. The number of rotatable bonds is 12. The molecule has 0 spiro atoms. The molecule has 1 aliphatic heterocycles. The van der Waals surface area contributed by atoms with E-state index in [0.717, 1.165) is 41.8 Å². The van der Waals surface area contributed by atoms with E-state index in [4.69, 9.17) is 14.5 Å². The maximum Gasteiger partial charge on any atom is 0.259 e. The second kappa shape index (κ2) is 12.0. The van der Waals surface area contributed by atoms with E-state index < -0.39 is 6.10 Å². The zero-order valence-corrected chi connectivity index (χ0v) is 20.8. The second-order valence-electron chi connectivity index (χ2n) is 8.68. The van der Waals surface area contributed by atoms with E-state index in [9.17, 15) is 9.90 Å². The number of nitrogens with zero attached hydrogens (tertiary/aromatic N) is 3. The maximum atomic E-state index is 13.0. The third-order valence-electron chi connectivity index (χ3n) is 6.06. The second-order valence-corrected chi connectivity index (χ2v) is 9.77. The Hall–Kier alpha value is -2.14. The molecule has 2 aromatic heterocycles. The Morgan fingerprint density at radius 2 is 2.15 bits per heavy atom. The Balaban J connectivity index is 1.50. The zero-order chi connectivity index (χ0) is 23.9. The van der Waals surface area contributed by atoms with Crippen LogP contribution in [0.4, 0.5) is 0 Å². The minimum absolute atomic E-state index is 0.0736. The summed E-state index contributed by atoms with van der Waals surface area (Å²) in [7, 11) is 1.65. The van der Waals surface area contributed by atoms with Crippen molar-refractivity contribution < 1.29 is 14.6 Å². The molecule has 0 amide bonds. The number of aromatic nitrogens is 2. The summed E-state index contributed by atoms with van der Waals surface area (Å²) in [5.41, 5.74) is 2.37. The number of hydrogen-bond donors (Lipinski definition) is 2. The largest absolute Gasteiger partial charge is 0.389 e. The molecule has 184 valence electrons. The van der Waals surface area contributed by atoms with Gasteiger partial charge in [0.15, 0.2) is 0 Å².